The summed E-state index contributed by atoms with van der Waals surface area (Å²) in [5.74, 6) is 1.40. The monoisotopic (exact) mass is 357 g/mol. The number of para-hydroxylation sites is 1. The number of nitrogens with zero attached hydrogens (tertiary/aromatic N) is 3. The molecule has 0 aromatic heterocycles. The van der Waals surface area contributed by atoms with Crippen LogP contribution >= 0.6 is 0 Å². The normalized spacial score (nSPS) is 16.5. The lowest BCUT2D eigenvalue weighted by Gasteiger charge is -2.28. The molecule has 1 heterocycles. The Balaban J connectivity index is 0.000000189. The molecule has 1 saturated heterocycles. The number of ether oxygens (including phenoxy) is 3. The minimum absolute atomic E-state index is 0.482. The van der Waals surface area contributed by atoms with Gasteiger partial charge in [0.2, 0.25) is 5.76 Å². The van der Waals surface area contributed by atoms with E-state index >= 15 is 0 Å². The first-order valence-corrected chi connectivity index (χ1v) is 9.04. The van der Waals surface area contributed by atoms with Crippen molar-refractivity contribution in [2.75, 3.05) is 44.4 Å². The standard InChI is InChI=1S/C10H14N2O2.C10H13NO/c1-3-13-8-5-6-10(14-4-2)9(7-8)12-11;1-2-4-10(5-3-1)11-6-8-12-9-7-11/h5-6H,3-4,7H2,1-2H3;1-5H,6-9H2. The molecule has 6 heteroatoms. The highest BCUT2D eigenvalue weighted by molar-refractivity contribution is 5.96. The van der Waals surface area contributed by atoms with E-state index in [1.54, 1.807) is 6.08 Å². The van der Waals surface area contributed by atoms with Crippen LogP contribution in [0.1, 0.15) is 20.3 Å². The van der Waals surface area contributed by atoms with Crippen LogP contribution in [0, 0.1) is 0 Å². The summed E-state index contributed by atoms with van der Waals surface area (Å²) >= 11 is 0. The molecular formula is C20H27N3O3. The Morgan fingerprint density at radius 3 is 2.35 bits per heavy atom. The predicted octanol–water partition coefficient (Wildman–Crippen LogP) is 3.42. The zero-order chi connectivity index (χ0) is 18.6. The van der Waals surface area contributed by atoms with Crippen LogP contribution in [0.25, 0.3) is 5.53 Å². The molecule has 0 atom stereocenters. The molecule has 0 spiro atoms. The molecule has 3 rings (SSSR count). The number of morpholine rings is 1. The van der Waals surface area contributed by atoms with Crippen LogP contribution < -0.4 is 4.90 Å². The zero-order valence-corrected chi connectivity index (χ0v) is 15.6. The summed E-state index contributed by atoms with van der Waals surface area (Å²) in [5.41, 5.74) is 10.6. The molecule has 140 valence electrons. The molecule has 1 aliphatic heterocycles. The van der Waals surface area contributed by atoms with E-state index in [-0.39, 0.29) is 0 Å². The van der Waals surface area contributed by atoms with Gasteiger partial charge in [0.1, 0.15) is 12.2 Å². The number of hydrogen-bond donors (Lipinski definition) is 0. The van der Waals surface area contributed by atoms with Crippen LogP contribution in [0.15, 0.2) is 54.0 Å². The molecule has 2 aliphatic rings. The van der Waals surface area contributed by atoms with Gasteiger partial charge >= 0.3 is 5.71 Å². The molecule has 6 nitrogen and oxygen atoms in total. The van der Waals surface area contributed by atoms with E-state index in [1.807, 2.05) is 26.0 Å². The Bertz CT molecular complexity index is 658. The lowest BCUT2D eigenvalue weighted by Crippen LogP contribution is -2.36. The van der Waals surface area contributed by atoms with E-state index in [2.05, 4.69) is 34.0 Å². The largest absolute Gasteiger partial charge is 0.498 e. The SMILES string of the molecule is CCOC1=CC=C(OCC)C(=[N+]=[N-])C1.c1ccc(N2CCOCC2)cc1. The van der Waals surface area contributed by atoms with Gasteiger partial charge in [-0.25, -0.2) is 0 Å². The summed E-state index contributed by atoms with van der Waals surface area (Å²) in [4.78, 5) is 5.53. The van der Waals surface area contributed by atoms with Crippen LogP contribution in [0.3, 0.4) is 0 Å². The Labute approximate surface area is 155 Å². The van der Waals surface area contributed by atoms with Crippen molar-refractivity contribution in [2.45, 2.75) is 20.3 Å². The lowest BCUT2D eigenvalue weighted by atomic mass is 10.1. The Morgan fingerprint density at radius 1 is 1.04 bits per heavy atom. The van der Waals surface area contributed by atoms with Crippen LogP contribution in [-0.2, 0) is 14.2 Å². The van der Waals surface area contributed by atoms with Gasteiger partial charge < -0.3 is 24.6 Å². The Hall–Kier alpha value is -2.56. The highest BCUT2D eigenvalue weighted by Crippen LogP contribution is 2.16. The van der Waals surface area contributed by atoms with E-state index in [9.17, 15) is 0 Å². The number of allylic oxidation sites excluding steroid dienone is 4. The average molecular weight is 357 g/mol. The van der Waals surface area contributed by atoms with E-state index in [1.165, 1.54) is 5.69 Å². The molecule has 0 radical (unpaired) electrons. The highest BCUT2D eigenvalue weighted by atomic mass is 16.5. The molecule has 1 aromatic rings. The summed E-state index contributed by atoms with van der Waals surface area (Å²) in [6, 6.07) is 10.5. The molecule has 26 heavy (non-hydrogen) atoms. The molecule has 0 amide bonds. The van der Waals surface area contributed by atoms with Gasteiger partial charge in [-0.05, 0) is 38.1 Å². The maximum atomic E-state index is 8.76. The summed E-state index contributed by atoms with van der Waals surface area (Å²) in [5, 5.41) is 0. The minimum Gasteiger partial charge on any atom is -0.498 e. The molecule has 0 saturated carbocycles. The van der Waals surface area contributed by atoms with Crippen molar-refractivity contribution in [1.82, 2.24) is 0 Å². The summed E-state index contributed by atoms with van der Waals surface area (Å²) in [6.07, 6.45) is 4.08. The van der Waals surface area contributed by atoms with Crippen LogP contribution in [0.2, 0.25) is 0 Å². The fourth-order valence-corrected chi connectivity index (χ4v) is 2.69. The van der Waals surface area contributed by atoms with Crippen LogP contribution in [0.4, 0.5) is 5.69 Å². The molecular weight excluding hydrogens is 330 g/mol. The summed E-state index contributed by atoms with van der Waals surface area (Å²) in [6.45, 7) is 8.72. The van der Waals surface area contributed by atoms with Crippen molar-refractivity contribution in [2.24, 2.45) is 0 Å². The highest BCUT2D eigenvalue weighted by Gasteiger charge is 2.22. The summed E-state index contributed by atoms with van der Waals surface area (Å²) < 4.78 is 15.9. The second-order valence-corrected chi connectivity index (χ2v) is 5.69. The van der Waals surface area contributed by atoms with Crippen molar-refractivity contribution in [3.8, 4) is 0 Å². The van der Waals surface area contributed by atoms with Crippen molar-refractivity contribution in [3.63, 3.8) is 0 Å². The van der Waals surface area contributed by atoms with Gasteiger partial charge in [0.15, 0.2) is 0 Å². The second-order valence-electron chi connectivity index (χ2n) is 5.69. The maximum Gasteiger partial charge on any atom is 0.340 e. The second kappa shape index (κ2) is 11.1. The Kier molecular flexibility index (Phi) is 8.46. The van der Waals surface area contributed by atoms with E-state index in [4.69, 9.17) is 19.7 Å². The molecule has 1 aliphatic carbocycles. The first-order chi connectivity index (χ1) is 12.8. The van der Waals surface area contributed by atoms with Gasteiger partial charge in [0.25, 0.3) is 0 Å². The third-order valence-electron chi connectivity index (χ3n) is 3.93. The third kappa shape index (κ3) is 6.06. The zero-order valence-electron chi connectivity index (χ0n) is 15.6. The molecule has 0 N–H and O–H groups in total. The predicted molar refractivity (Wildman–Crippen MR) is 102 cm³/mol. The van der Waals surface area contributed by atoms with Crippen molar-refractivity contribution in [1.29, 1.82) is 0 Å². The lowest BCUT2D eigenvalue weighted by molar-refractivity contribution is -0.0133. The first kappa shape index (κ1) is 19.8. The number of benzene rings is 1. The first-order valence-electron chi connectivity index (χ1n) is 9.04. The molecule has 1 fully saturated rings. The average Bonchev–Trinajstić information content (AvgIpc) is 2.71. The topological polar surface area (TPSA) is 67.3 Å². The summed E-state index contributed by atoms with van der Waals surface area (Å²) in [7, 11) is 0. The minimum atomic E-state index is 0.482. The van der Waals surface area contributed by atoms with E-state index in [0.717, 1.165) is 32.1 Å². The van der Waals surface area contributed by atoms with Crippen LogP contribution in [-0.4, -0.2) is 50.0 Å². The van der Waals surface area contributed by atoms with Crippen LogP contribution in [0.5, 0.6) is 0 Å². The Morgan fingerprint density at radius 2 is 1.73 bits per heavy atom. The van der Waals surface area contributed by atoms with E-state index < -0.39 is 0 Å². The van der Waals surface area contributed by atoms with Crippen molar-refractivity contribution >= 4 is 11.4 Å². The number of hydrogen-bond acceptors (Lipinski definition) is 4. The smallest absolute Gasteiger partial charge is 0.340 e. The maximum absolute atomic E-state index is 8.76. The third-order valence-corrected chi connectivity index (χ3v) is 3.93. The van der Waals surface area contributed by atoms with Gasteiger partial charge in [0.05, 0.1) is 26.4 Å². The van der Waals surface area contributed by atoms with Crippen molar-refractivity contribution in [3.05, 3.63) is 59.5 Å². The number of anilines is 1. The van der Waals surface area contributed by atoms with Crippen molar-refractivity contribution < 1.29 is 19.0 Å². The number of rotatable bonds is 5. The fraction of sp³-hybridized carbons (Fsp3) is 0.450. The van der Waals surface area contributed by atoms with Gasteiger partial charge in [-0.2, -0.15) is 4.79 Å². The van der Waals surface area contributed by atoms with Gasteiger partial charge in [-0.15, -0.1) is 0 Å². The molecule has 0 unspecified atom stereocenters. The van der Waals surface area contributed by atoms with Gasteiger partial charge in [-0.1, -0.05) is 18.2 Å². The molecule has 0 bridgehead atoms. The molecule has 1 aromatic carbocycles. The quantitative estimate of drug-likeness (QED) is 0.598. The fourth-order valence-electron chi connectivity index (χ4n) is 2.69. The van der Waals surface area contributed by atoms with Gasteiger partial charge in [0, 0.05) is 18.8 Å². The van der Waals surface area contributed by atoms with Gasteiger partial charge in [-0.3, -0.25) is 0 Å². The van der Waals surface area contributed by atoms with E-state index in [0.29, 0.717) is 31.1 Å².